The molecule has 6 nitrogen and oxygen atoms in total. The van der Waals surface area contributed by atoms with Crippen LogP contribution in [0.3, 0.4) is 0 Å². The number of sulfonamides is 1. The number of rotatable bonds is 6. The molecule has 0 aromatic heterocycles. The molecular formula is C18H22N2O4S. The van der Waals surface area contributed by atoms with Crippen LogP contribution in [0.25, 0.3) is 0 Å². The Morgan fingerprint density at radius 2 is 1.96 bits per heavy atom. The van der Waals surface area contributed by atoms with Crippen molar-refractivity contribution in [2.45, 2.75) is 31.2 Å². The predicted octanol–water partition coefficient (Wildman–Crippen LogP) is 2.07. The predicted molar refractivity (Wildman–Crippen MR) is 95.8 cm³/mol. The van der Waals surface area contributed by atoms with Crippen LogP contribution in [-0.4, -0.2) is 21.4 Å². The molecule has 0 radical (unpaired) electrons. The fourth-order valence-electron chi connectivity index (χ4n) is 2.50. The number of nitrogens with two attached hydrogens (primary N) is 1. The van der Waals surface area contributed by atoms with Crippen molar-refractivity contribution in [3.63, 3.8) is 0 Å². The summed E-state index contributed by atoms with van der Waals surface area (Å²) in [4.78, 5) is 12.3. The second kappa shape index (κ2) is 7.67. The molecule has 0 heterocycles. The highest BCUT2D eigenvalue weighted by atomic mass is 32.2. The van der Waals surface area contributed by atoms with E-state index in [4.69, 9.17) is 9.88 Å². The Morgan fingerprint density at radius 1 is 1.24 bits per heavy atom. The molecule has 25 heavy (non-hydrogen) atoms. The average molecular weight is 362 g/mol. The summed E-state index contributed by atoms with van der Waals surface area (Å²) in [5.41, 5.74) is 2.51. The summed E-state index contributed by atoms with van der Waals surface area (Å²) in [5.74, 6) is 0.568. The fraction of sp³-hybridized carbons (Fsp3) is 0.278. The van der Waals surface area contributed by atoms with Crippen LogP contribution in [0.1, 0.15) is 29.7 Å². The highest BCUT2D eigenvalue weighted by Gasteiger charge is 2.14. The maximum Gasteiger partial charge on any atom is 0.238 e. The maximum atomic E-state index is 12.3. The Bertz CT molecular complexity index is 878. The Hall–Kier alpha value is -2.38. The third-order valence-corrected chi connectivity index (χ3v) is 4.81. The van der Waals surface area contributed by atoms with E-state index in [2.05, 4.69) is 5.32 Å². The zero-order valence-corrected chi connectivity index (χ0v) is 15.3. The molecule has 2 aromatic carbocycles. The number of methoxy groups -OCH3 is 1. The van der Waals surface area contributed by atoms with Gasteiger partial charge in [-0.25, -0.2) is 13.6 Å². The largest absolute Gasteiger partial charge is 0.496 e. The average Bonchev–Trinajstić information content (AvgIpc) is 2.55. The molecular weight excluding hydrogens is 340 g/mol. The zero-order chi connectivity index (χ0) is 18.6. The van der Waals surface area contributed by atoms with Crippen LogP contribution in [0.15, 0.2) is 47.4 Å². The van der Waals surface area contributed by atoms with E-state index in [1.165, 1.54) is 12.1 Å². The molecule has 0 bridgehead atoms. The minimum Gasteiger partial charge on any atom is -0.496 e. The van der Waals surface area contributed by atoms with Crippen molar-refractivity contribution in [1.29, 1.82) is 0 Å². The van der Waals surface area contributed by atoms with Gasteiger partial charge in [0.15, 0.2) is 0 Å². The normalized spacial score (nSPS) is 12.5. The molecule has 3 N–H and O–H groups in total. The molecule has 0 saturated heterocycles. The third kappa shape index (κ3) is 5.04. The summed E-state index contributed by atoms with van der Waals surface area (Å²) < 4.78 is 28.1. The van der Waals surface area contributed by atoms with Crippen LogP contribution >= 0.6 is 0 Å². The number of hydrogen-bond acceptors (Lipinski definition) is 4. The van der Waals surface area contributed by atoms with Gasteiger partial charge in [-0.2, -0.15) is 0 Å². The van der Waals surface area contributed by atoms with E-state index < -0.39 is 10.0 Å². The number of amides is 1. The van der Waals surface area contributed by atoms with Crippen LogP contribution in [0, 0.1) is 6.92 Å². The molecule has 0 aliphatic rings. The highest BCUT2D eigenvalue weighted by Crippen LogP contribution is 2.20. The van der Waals surface area contributed by atoms with Crippen LogP contribution in [0.4, 0.5) is 0 Å². The molecule has 134 valence electrons. The summed E-state index contributed by atoms with van der Waals surface area (Å²) in [6.07, 6.45) is 0.204. The molecule has 0 saturated carbocycles. The minimum absolute atomic E-state index is 0.0226. The van der Waals surface area contributed by atoms with E-state index >= 15 is 0 Å². The first-order chi connectivity index (χ1) is 11.7. The van der Waals surface area contributed by atoms with Gasteiger partial charge in [0.05, 0.1) is 24.5 Å². The van der Waals surface area contributed by atoms with Gasteiger partial charge in [0, 0.05) is 0 Å². The van der Waals surface area contributed by atoms with Gasteiger partial charge >= 0.3 is 0 Å². The molecule has 7 heteroatoms. The van der Waals surface area contributed by atoms with E-state index in [1.54, 1.807) is 26.2 Å². The Balaban J connectivity index is 2.08. The summed E-state index contributed by atoms with van der Waals surface area (Å²) in [7, 11) is -2.18. The third-order valence-electron chi connectivity index (χ3n) is 3.90. The second-order valence-corrected chi connectivity index (χ2v) is 7.45. The number of carbonyl (C=O) groups excluding carboxylic acids is 1. The highest BCUT2D eigenvalue weighted by molar-refractivity contribution is 7.89. The van der Waals surface area contributed by atoms with E-state index in [9.17, 15) is 13.2 Å². The van der Waals surface area contributed by atoms with E-state index in [1.807, 2.05) is 25.1 Å². The number of hydrogen-bond donors (Lipinski definition) is 2. The van der Waals surface area contributed by atoms with Crippen molar-refractivity contribution in [1.82, 2.24) is 5.32 Å². The lowest BCUT2D eigenvalue weighted by Gasteiger charge is -2.15. The lowest BCUT2D eigenvalue weighted by molar-refractivity contribution is -0.121. The van der Waals surface area contributed by atoms with Gasteiger partial charge in [0.25, 0.3) is 0 Å². The topological polar surface area (TPSA) is 98.5 Å². The molecule has 0 spiro atoms. The number of ether oxygens (including phenoxy) is 1. The molecule has 0 fully saturated rings. The summed E-state index contributed by atoms with van der Waals surface area (Å²) in [5, 5.41) is 8.00. The van der Waals surface area contributed by atoms with Crippen molar-refractivity contribution in [2.75, 3.05) is 7.11 Å². The molecule has 1 amide bonds. The van der Waals surface area contributed by atoms with Gasteiger partial charge in [-0.05, 0) is 48.7 Å². The summed E-state index contributed by atoms with van der Waals surface area (Å²) in [6.45, 7) is 3.72. The second-order valence-electron chi connectivity index (χ2n) is 5.89. The van der Waals surface area contributed by atoms with Gasteiger partial charge in [-0.1, -0.05) is 24.3 Å². The fourth-order valence-corrected chi connectivity index (χ4v) is 3.07. The molecule has 1 atom stereocenters. The SMILES string of the molecule is COc1cc(CC(=O)N[C@@H](C)c2cccc(S(N)(=O)=O)c2)ccc1C. The van der Waals surface area contributed by atoms with E-state index in [-0.39, 0.29) is 23.3 Å². The van der Waals surface area contributed by atoms with Crippen LogP contribution in [-0.2, 0) is 21.2 Å². The number of carbonyl (C=O) groups is 1. The maximum absolute atomic E-state index is 12.3. The van der Waals surface area contributed by atoms with Crippen LogP contribution < -0.4 is 15.2 Å². The van der Waals surface area contributed by atoms with Gasteiger partial charge in [0.2, 0.25) is 15.9 Å². The Morgan fingerprint density at radius 3 is 2.60 bits per heavy atom. The first kappa shape index (κ1) is 19.0. The number of benzene rings is 2. The smallest absolute Gasteiger partial charge is 0.238 e. The van der Waals surface area contributed by atoms with Crippen molar-refractivity contribution < 1.29 is 17.9 Å². The number of nitrogens with one attached hydrogen (secondary N) is 1. The quantitative estimate of drug-likeness (QED) is 0.822. The Labute approximate surface area is 148 Å². The molecule has 2 aromatic rings. The standard InChI is InChI=1S/C18H22N2O4S/c1-12-7-8-14(9-17(12)24-3)10-18(21)20-13(2)15-5-4-6-16(11-15)25(19,22)23/h4-9,11,13H,10H2,1-3H3,(H,20,21)(H2,19,22,23)/t13-/m0/s1. The van der Waals surface area contributed by atoms with Crippen molar-refractivity contribution in [3.8, 4) is 5.75 Å². The van der Waals surface area contributed by atoms with Gasteiger partial charge < -0.3 is 10.1 Å². The lowest BCUT2D eigenvalue weighted by atomic mass is 10.1. The lowest BCUT2D eigenvalue weighted by Crippen LogP contribution is -2.28. The summed E-state index contributed by atoms with van der Waals surface area (Å²) in [6, 6.07) is 11.5. The van der Waals surface area contributed by atoms with Crippen molar-refractivity contribution >= 4 is 15.9 Å². The van der Waals surface area contributed by atoms with Crippen LogP contribution in [0.2, 0.25) is 0 Å². The van der Waals surface area contributed by atoms with Gasteiger partial charge in [0.1, 0.15) is 5.75 Å². The molecule has 2 rings (SSSR count). The monoisotopic (exact) mass is 362 g/mol. The number of aryl methyl sites for hydroxylation is 1. The summed E-state index contributed by atoms with van der Waals surface area (Å²) >= 11 is 0. The first-order valence-electron chi connectivity index (χ1n) is 7.76. The molecule has 0 aliphatic carbocycles. The molecule has 0 unspecified atom stereocenters. The van der Waals surface area contributed by atoms with Crippen molar-refractivity contribution in [2.24, 2.45) is 5.14 Å². The van der Waals surface area contributed by atoms with Crippen LogP contribution in [0.5, 0.6) is 5.75 Å². The van der Waals surface area contributed by atoms with E-state index in [0.717, 1.165) is 16.9 Å². The molecule has 0 aliphatic heterocycles. The first-order valence-corrected chi connectivity index (χ1v) is 9.31. The van der Waals surface area contributed by atoms with Gasteiger partial charge in [-0.3, -0.25) is 4.79 Å². The minimum atomic E-state index is -3.77. The number of primary sulfonamides is 1. The van der Waals surface area contributed by atoms with E-state index in [0.29, 0.717) is 5.56 Å². The van der Waals surface area contributed by atoms with Crippen molar-refractivity contribution in [3.05, 3.63) is 59.2 Å². The Kier molecular flexibility index (Phi) is 5.81. The van der Waals surface area contributed by atoms with Gasteiger partial charge in [-0.15, -0.1) is 0 Å². The zero-order valence-electron chi connectivity index (χ0n) is 14.4.